The maximum atomic E-state index is 11.3. The molecule has 0 aromatic carbocycles. The average Bonchev–Trinajstić information content (AvgIpc) is 2.42. The fourth-order valence-electron chi connectivity index (χ4n) is 2.20. The van der Waals surface area contributed by atoms with Crippen LogP contribution in [0.15, 0.2) is 30.6 Å². The lowest BCUT2D eigenvalue weighted by Gasteiger charge is -2.16. The van der Waals surface area contributed by atoms with Crippen molar-refractivity contribution >= 4 is 22.7 Å². The number of hydrogen-bond donors (Lipinski definition) is 2. The van der Waals surface area contributed by atoms with E-state index in [0.717, 1.165) is 16.7 Å². The van der Waals surface area contributed by atoms with Crippen LogP contribution in [0.3, 0.4) is 0 Å². The minimum absolute atomic E-state index is 0.352. The summed E-state index contributed by atoms with van der Waals surface area (Å²) >= 11 is 0. The first kappa shape index (κ1) is 14.2. The van der Waals surface area contributed by atoms with E-state index in [1.54, 1.807) is 12.4 Å². The van der Waals surface area contributed by atoms with Gasteiger partial charge in [0.15, 0.2) is 0 Å². The zero-order valence-corrected chi connectivity index (χ0v) is 11.7. The molecule has 0 bridgehead atoms. The van der Waals surface area contributed by atoms with Crippen LogP contribution in [0.2, 0.25) is 0 Å². The standard InChI is InChI=1S/C15H19N3O2/c1-10(2)8-11(15(19)20)9-18-13-5-7-16-12-4-3-6-17-14(12)13/h3-7,10-11H,8-9H2,1-2H3,(H,16,18)(H,19,20). The minimum atomic E-state index is -0.766. The predicted molar refractivity (Wildman–Crippen MR) is 78.6 cm³/mol. The smallest absolute Gasteiger partial charge is 0.308 e. The number of aliphatic carboxylic acids is 1. The van der Waals surface area contributed by atoms with Crippen molar-refractivity contribution in [3.8, 4) is 0 Å². The van der Waals surface area contributed by atoms with Crippen molar-refractivity contribution in [2.24, 2.45) is 11.8 Å². The van der Waals surface area contributed by atoms with E-state index in [-0.39, 0.29) is 0 Å². The van der Waals surface area contributed by atoms with E-state index in [0.29, 0.717) is 18.9 Å². The number of fused-ring (bicyclic) bond motifs is 1. The maximum Gasteiger partial charge on any atom is 0.308 e. The molecule has 0 fully saturated rings. The van der Waals surface area contributed by atoms with Crippen LogP contribution in [0.4, 0.5) is 5.69 Å². The first-order valence-electron chi connectivity index (χ1n) is 6.74. The molecular formula is C15H19N3O2. The monoisotopic (exact) mass is 273 g/mol. The first-order chi connectivity index (χ1) is 9.58. The lowest BCUT2D eigenvalue weighted by atomic mass is 9.97. The van der Waals surface area contributed by atoms with Crippen LogP contribution in [0, 0.1) is 11.8 Å². The van der Waals surface area contributed by atoms with Crippen molar-refractivity contribution in [3.63, 3.8) is 0 Å². The summed E-state index contributed by atoms with van der Waals surface area (Å²) in [5.74, 6) is -0.815. The highest BCUT2D eigenvalue weighted by molar-refractivity contribution is 5.87. The van der Waals surface area contributed by atoms with Gasteiger partial charge in [0.25, 0.3) is 0 Å². The van der Waals surface area contributed by atoms with E-state index in [2.05, 4.69) is 15.3 Å². The fraction of sp³-hybridized carbons (Fsp3) is 0.400. The highest BCUT2D eigenvalue weighted by Gasteiger charge is 2.19. The van der Waals surface area contributed by atoms with E-state index in [1.165, 1.54) is 0 Å². The normalized spacial score (nSPS) is 12.6. The molecule has 2 rings (SSSR count). The van der Waals surface area contributed by atoms with Crippen LogP contribution in [-0.2, 0) is 4.79 Å². The lowest BCUT2D eigenvalue weighted by molar-refractivity contribution is -0.141. The number of pyridine rings is 2. The third-order valence-corrected chi connectivity index (χ3v) is 3.14. The SMILES string of the molecule is CC(C)CC(CNc1ccnc2cccnc12)C(=O)O. The van der Waals surface area contributed by atoms with Crippen LogP contribution in [0.25, 0.3) is 11.0 Å². The van der Waals surface area contributed by atoms with Gasteiger partial charge in [0.2, 0.25) is 0 Å². The summed E-state index contributed by atoms with van der Waals surface area (Å²) in [5.41, 5.74) is 2.39. The van der Waals surface area contributed by atoms with Gasteiger partial charge in [-0.2, -0.15) is 0 Å². The summed E-state index contributed by atoms with van der Waals surface area (Å²) in [7, 11) is 0. The first-order valence-corrected chi connectivity index (χ1v) is 6.74. The molecule has 0 spiro atoms. The van der Waals surface area contributed by atoms with Gasteiger partial charge < -0.3 is 10.4 Å². The molecule has 1 atom stereocenters. The third-order valence-electron chi connectivity index (χ3n) is 3.14. The van der Waals surface area contributed by atoms with E-state index < -0.39 is 11.9 Å². The van der Waals surface area contributed by atoms with Crippen LogP contribution in [0.1, 0.15) is 20.3 Å². The summed E-state index contributed by atoms with van der Waals surface area (Å²) < 4.78 is 0. The Morgan fingerprint density at radius 2 is 2.10 bits per heavy atom. The lowest BCUT2D eigenvalue weighted by Crippen LogP contribution is -2.24. The molecular weight excluding hydrogens is 254 g/mol. The average molecular weight is 273 g/mol. The molecule has 0 aliphatic carbocycles. The Hall–Kier alpha value is -2.17. The molecule has 2 aromatic heterocycles. The number of aromatic nitrogens is 2. The third kappa shape index (κ3) is 3.44. The van der Waals surface area contributed by atoms with E-state index in [1.807, 2.05) is 32.0 Å². The second-order valence-corrected chi connectivity index (χ2v) is 5.28. The number of carboxylic acids is 1. The van der Waals surface area contributed by atoms with Gasteiger partial charge in [-0.1, -0.05) is 13.8 Å². The summed E-state index contributed by atoms with van der Waals surface area (Å²) in [6.45, 7) is 4.45. The van der Waals surface area contributed by atoms with Gasteiger partial charge in [0, 0.05) is 18.9 Å². The summed E-state index contributed by atoms with van der Waals surface area (Å²) in [6, 6.07) is 5.54. The summed E-state index contributed by atoms with van der Waals surface area (Å²) in [4.78, 5) is 19.8. The molecule has 2 aromatic rings. The molecule has 106 valence electrons. The Morgan fingerprint density at radius 3 is 2.80 bits per heavy atom. The van der Waals surface area contributed by atoms with Gasteiger partial charge in [-0.15, -0.1) is 0 Å². The quantitative estimate of drug-likeness (QED) is 0.846. The van der Waals surface area contributed by atoms with Crippen molar-refractivity contribution in [2.45, 2.75) is 20.3 Å². The molecule has 0 aliphatic heterocycles. The largest absolute Gasteiger partial charge is 0.481 e. The van der Waals surface area contributed by atoms with Gasteiger partial charge in [0.05, 0.1) is 17.1 Å². The number of anilines is 1. The molecule has 0 radical (unpaired) electrons. The number of nitrogens with one attached hydrogen (secondary N) is 1. The van der Waals surface area contributed by atoms with Crippen molar-refractivity contribution in [1.29, 1.82) is 0 Å². The van der Waals surface area contributed by atoms with Crippen LogP contribution >= 0.6 is 0 Å². The van der Waals surface area contributed by atoms with Crippen molar-refractivity contribution in [3.05, 3.63) is 30.6 Å². The second-order valence-electron chi connectivity index (χ2n) is 5.28. The van der Waals surface area contributed by atoms with Gasteiger partial charge in [0.1, 0.15) is 5.52 Å². The molecule has 0 aliphatic rings. The second kappa shape index (κ2) is 6.32. The topological polar surface area (TPSA) is 75.1 Å². The van der Waals surface area contributed by atoms with Gasteiger partial charge in [-0.25, -0.2) is 0 Å². The predicted octanol–water partition coefficient (Wildman–Crippen LogP) is 2.79. The minimum Gasteiger partial charge on any atom is -0.481 e. The van der Waals surface area contributed by atoms with E-state index in [4.69, 9.17) is 0 Å². The highest BCUT2D eigenvalue weighted by Crippen LogP contribution is 2.20. The molecule has 20 heavy (non-hydrogen) atoms. The maximum absolute atomic E-state index is 11.3. The molecule has 5 heteroatoms. The van der Waals surface area contributed by atoms with Crippen molar-refractivity contribution in [1.82, 2.24) is 9.97 Å². The van der Waals surface area contributed by atoms with Crippen molar-refractivity contribution in [2.75, 3.05) is 11.9 Å². The Bertz CT molecular complexity index is 593. The summed E-state index contributed by atoms with van der Waals surface area (Å²) in [5, 5.41) is 12.4. The van der Waals surface area contributed by atoms with Crippen molar-refractivity contribution < 1.29 is 9.90 Å². The molecule has 1 unspecified atom stereocenters. The van der Waals surface area contributed by atoms with Crippen LogP contribution < -0.4 is 5.32 Å². The zero-order valence-electron chi connectivity index (χ0n) is 11.7. The number of carboxylic acid groups (broad SMARTS) is 1. The number of rotatable bonds is 6. The number of nitrogens with zero attached hydrogens (tertiary/aromatic N) is 2. The molecule has 0 saturated carbocycles. The molecule has 5 nitrogen and oxygen atoms in total. The van der Waals surface area contributed by atoms with Crippen LogP contribution in [0.5, 0.6) is 0 Å². The Morgan fingerprint density at radius 1 is 1.30 bits per heavy atom. The fourth-order valence-corrected chi connectivity index (χ4v) is 2.20. The Kier molecular flexibility index (Phi) is 4.50. The van der Waals surface area contributed by atoms with E-state index in [9.17, 15) is 9.90 Å². The molecule has 0 saturated heterocycles. The van der Waals surface area contributed by atoms with Crippen LogP contribution in [-0.4, -0.2) is 27.6 Å². The summed E-state index contributed by atoms with van der Waals surface area (Å²) in [6.07, 6.45) is 4.06. The van der Waals surface area contributed by atoms with Gasteiger partial charge >= 0.3 is 5.97 Å². The van der Waals surface area contributed by atoms with Gasteiger partial charge in [-0.3, -0.25) is 14.8 Å². The van der Waals surface area contributed by atoms with Gasteiger partial charge in [-0.05, 0) is 30.5 Å². The Labute approximate surface area is 118 Å². The molecule has 0 amide bonds. The zero-order chi connectivity index (χ0) is 14.5. The molecule has 2 N–H and O–H groups in total. The van der Waals surface area contributed by atoms with E-state index >= 15 is 0 Å². The number of carbonyl (C=O) groups is 1. The highest BCUT2D eigenvalue weighted by atomic mass is 16.4. The number of hydrogen-bond acceptors (Lipinski definition) is 4. The molecule has 2 heterocycles. The Balaban J connectivity index is 2.13.